The minimum atomic E-state index is 0.0271. The van der Waals surface area contributed by atoms with Crippen LogP contribution < -0.4 is 11.1 Å². The number of anilines is 1. The van der Waals surface area contributed by atoms with Crippen LogP contribution in [0.2, 0.25) is 10.0 Å². The summed E-state index contributed by atoms with van der Waals surface area (Å²) in [7, 11) is 0. The molecule has 0 aliphatic heterocycles. The van der Waals surface area contributed by atoms with E-state index in [0.717, 1.165) is 21.8 Å². The van der Waals surface area contributed by atoms with Gasteiger partial charge < -0.3 is 11.1 Å². The number of halogens is 2. The van der Waals surface area contributed by atoms with Gasteiger partial charge in [-0.2, -0.15) is 0 Å². The van der Waals surface area contributed by atoms with E-state index in [1.54, 1.807) is 0 Å². The van der Waals surface area contributed by atoms with Crippen LogP contribution in [0, 0.1) is 6.92 Å². The van der Waals surface area contributed by atoms with Crippen LogP contribution in [-0.4, -0.2) is 6.54 Å². The SMILES string of the molecule is Cc1ccc(C(CN)Nc2ccc(Cl)cc2)cc1Cl. The van der Waals surface area contributed by atoms with Gasteiger partial charge >= 0.3 is 0 Å². The lowest BCUT2D eigenvalue weighted by molar-refractivity contribution is 0.790. The summed E-state index contributed by atoms with van der Waals surface area (Å²) < 4.78 is 0. The number of aryl methyl sites for hydroxylation is 1. The number of rotatable bonds is 4. The molecule has 0 aromatic heterocycles. The first-order chi connectivity index (χ1) is 9.10. The molecule has 3 N–H and O–H groups in total. The monoisotopic (exact) mass is 294 g/mol. The summed E-state index contributed by atoms with van der Waals surface area (Å²) in [6.07, 6.45) is 0. The fourth-order valence-electron chi connectivity index (χ4n) is 1.85. The first-order valence-corrected chi connectivity index (χ1v) is 6.84. The third-order valence-corrected chi connectivity index (χ3v) is 3.68. The van der Waals surface area contributed by atoms with Crippen LogP contribution in [0.5, 0.6) is 0 Å². The van der Waals surface area contributed by atoms with Gasteiger partial charge in [0.05, 0.1) is 6.04 Å². The third kappa shape index (κ3) is 3.63. The molecule has 2 aromatic carbocycles. The smallest absolute Gasteiger partial charge is 0.0636 e. The molecule has 0 fully saturated rings. The molecule has 1 unspecified atom stereocenters. The van der Waals surface area contributed by atoms with Crippen molar-refractivity contribution in [3.63, 3.8) is 0 Å². The standard InChI is InChI=1S/C15H16Cl2N2/c1-10-2-3-11(8-14(10)17)15(9-18)19-13-6-4-12(16)5-7-13/h2-8,15,19H,9,18H2,1H3. The summed E-state index contributed by atoms with van der Waals surface area (Å²) in [6, 6.07) is 13.6. The van der Waals surface area contributed by atoms with Gasteiger partial charge in [0.25, 0.3) is 0 Å². The van der Waals surface area contributed by atoms with Crippen LogP contribution >= 0.6 is 23.2 Å². The lowest BCUT2D eigenvalue weighted by atomic mass is 10.0. The van der Waals surface area contributed by atoms with E-state index >= 15 is 0 Å². The quantitative estimate of drug-likeness (QED) is 0.876. The van der Waals surface area contributed by atoms with E-state index in [0.29, 0.717) is 11.6 Å². The lowest BCUT2D eigenvalue weighted by Crippen LogP contribution is -2.20. The van der Waals surface area contributed by atoms with Gasteiger partial charge in [-0.1, -0.05) is 35.3 Å². The largest absolute Gasteiger partial charge is 0.377 e. The zero-order valence-corrected chi connectivity index (χ0v) is 12.2. The number of nitrogens with one attached hydrogen (secondary N) is 1. The van der Waals surface area contributed by atoms with E-state index in [-0.39, 0.29) is 6.04 Å². The van der Waals surface area contributed by atoms with E-state index < -0.39 is 0 Å². The number of hydrogen-bond donors (Lipinski definition) is 2. The second-order valence-corrected chi connectivity index (χ2v) is 5.29. The van der Waals surface area contributed by atoms with Crippen molar-refractivity contribution in [1.82, 2.24) is 0 Å². The molecule has 100 valence electrons. The minimum absolute atomic E-state index is 0.0271. The fourth-order valence-corrected chi connectivity index (χ4v) is 2.17. The maximum atomic E-state index is 6.15. The van der Waals surface area contributed by atoms with Crippen molar-refractivity contribution >= 4 is 28.9 Å². The normalized spacial score (nSPS) is 12.2. The summed E-state index contributed by atoms with van der Waals surface area (Å²) in [5.41, 5.74) is 8.96. The van der Waals surface area contributed by atoms with Crippen molar-refractivity contribution in [3.05, 3.63) is 63.6 Å². The second-order valence-electron chi connectivity index (χ2n) is 4.45. The van der Waals surface area contributed by atoms with Crippen molar-refractivity contribution in [2.75, 3.05) is 11.9 Å². The Morgan fingerprint density at radius 2 is 1.79 bits per heavy atom. The molecule has 0 heterocycles. The first kappa shape index (κ1) is 14.2. The Bertz CT molecular complexity index is 553. The van der Waals surface area contributed by atoms with Crippen LogP contribution in [0.1, 0.15) is 17.2 Å². The molecule has 2 nitrogen and oxygen atoms in total. The summed E-state index contributed by atoms with van der Waals surface area (Å²) in [5.74, 6) is 0. The van der Waals surface area contributed by atoms with Crippen LogP contribution in [0.3, 0.4) is 0 Å². The maximum Gasteiger partial charge on any atom is 0.0636 e. The molecule has 4 heteroatoms. The Balaban J connectivity index is 2.19. The summed E-state index contributed by atoms with van der Waals surface area (Å²) in [4.78, 5) is 0. The Morgan fingerprint density at radius 3 is 2.37 bits per heavy atom. The minimum Gasteiger partial charge on any atom is -0.377 e. The Kier molecular flexibility index (Phi) is 4.70. The van der Waals surface area contributed by atoms with E-state index in [1.165, 1.54) is 0 Å². The van der Waals surface area contributed by atoms with Gasteiger partial charge in [-0.3, -0.25) is 0 Å². The molecular formula is C15H16Cl2N2. The topological polar surface area (TPSA) is 38.0 Å². The first-order valence-electron chi connectivity index (χ1n) is 6.08. The average molecular weight is 295 g/mol. The van der Waals surface area contributed by atoms with Crippen molar-refractivity contribution in [1.29, 1.82) is 0 Å². The molecule has 0 saturated heterocycles. The lowest BCUT2D eigenvalue weighted by Gasteiger charge is -2.19. The van der Waals surface area contributed by atoms with Gasteiger partial charge in [-0.05, 0) is 48.4 Å². The van der Waals surface area contributed by atoms with Gasteiger partial charge in [0.2, 0.25) is 0 Å². The van der Waals surface area contributed by atoms with Crippen LogP contribution in [0.15, 0.2) is 42.5 Å². The average Bonchev–Trinajstić information content (AvgIpc) is 2.41. The molecule has 0 radical (unpaired) electrons. The van der Waals surface area contributed by atoms with Crippen molar-refractivity contribution < 1.29 is 0 Å². The van der Waals surface area contributed by atoms with Crippen LogP contribution in [-0.2, 0) is 0 Å². The van der Waals surface area contributed by atoms with Crippen molar-refractivity contribution in [2.24, 2.45) is 5.73 Å². The van der Waals surface area contributed by atoms with Gasteiger partial charge in [0.1, 0.15) is 0 Å². The van der Waals surface area contributed by atoms with Gasteiger partial charge in [-0.25, -0.2) is 0 Å². The van der Waals surface area contributed by atoms with E-state index in [9.17, 15) is 0 Å². The predicted octanol–water partition coefficient (Wildman–Crippen LogP) is 4.41. The summed E-state index contributed by atoms with van der Waals surface area (Å²) in [6.45, 7) is 2.47. The van der Waals surface area contributed by atoms with E-state index in [4.69, 9.17) is 28.9 Å². The molecule has 1 atom stereocenters. The number of hydrogen-bond acceptors (Lipinski definition) is 2. The highest BCUT2D eigenvalue weighted by atomic mass is 35.5. The van der Waals surface area contributed by atoms with Crippen LogP contribution in [0.25, 0.3) is 0 Å². The molecule has 0 bridgehead atoms. The number of benzene rings is 2. The second kappa shape index (κ2) is 6.29. The van der Waals surface area contributed by atoms with Gasteiger partial charge in [-0.15, -0.1) is 0 Å². The summed E-state index contributed by atoms with van der Waals surface area (Å²) >= 11 is 12.0. The maximum absolute atomic E-state index is 6.15. The molecule has 0 spiro atoms. The van der Waals surface area contributed by atoms with Gasteiger partial charge in [0.15, 0.2) is 0 Å². The van der Waals surface area contributed by atoms with E-state index in [1.807, 2.05) is 49.4 Å². The molecule has 2 rings (SSSR count). The predicted molar refractivity (Wildman–Crippen MR) is 83.1 cm³/mol. The van der Waals surface area contributed by atoms with Crippen molar-refractivity contribution in [2.45, 2.75) is 13.0 Å². The Labute approximate surface area is 123 Å². The third-order valence-electron chi connectivity index (χ3n) is 3.02. The molecule has 0 aliphatic rings. The zero-order valence-electron chi connectivity index (χ0n) is 10.7. The zero-order chi connectivity index (χ0) is 13.8. The highest BCUT2D eigenvalue weighted by molar-refractivity contribution is 6.31. The molecule has 0 saturated carbocycles. The van der Waals surface area contributed by atoms with Gasteiger partial charge in [0, 0.05) is 22.3 Å². The number of nitrogens with two attached hydrogens (primary N) is 1. The Hall–Kier alpha value is -1.22. The van der Waals surface area contributed by atoms with Crippen LogP contribution in [0.4, 0.5) is 5.69 Å². The Morgan fingerprint density at radius 1 is 1.11 bits per heavy atom. The molecule has 0 amide bonds. The molecule has 2 aromatic rings. The summed E-state index contributed by atoms with van der Waals surface area (Å²) in [5, 5.41) is 4.85. The van der Waals surface area contributed by atoms with Crippen molar-refractivity contribution in [3.8, 4) is 0 Å². The highest BCUT2D eigenvalue weighted by Gasteiger charge is 2.10. The fraction of sp³-hybridized carbons (Fsp3) is 0.200. The molecule has 19 heavy (non-hydrogen) atoms. The highest BCUT2D eigenvalue weighted by Crippen LogP contribution is 2.24. The molecular weight excluding hydrogens is 279 g/mol. The molecule has 0 aliphatic carbocycles. The van der Waals surface area contributed by atoms with E-state index in [2.05, 4.69) is 5.32 Å².